The van der Waals surface area contributed by atoms with Gasteiger partial charge in [-0.1, -0.05) is 33.1 Å². The zero-order valence-corrected chi connectivity index (χ0v) is 15.4. The number of methoxy groups -OCH3 is 2. The van der Waals surface area contributed by atoms with Crippen molar-refractivity contribution in [1.82, 2.24) is 0 Å². The van der Waals surface area contributed by atoms with Gasteiger partial charge in [0, 0.05) is 11.1 Å². The van der Waals surface area contributed by atoms with Gasteiger partial charge in [0.2, 0.25) is 0 Å². The summed E-state index contributed by atoms with van der Waals surface area (Å²) in [5.74, 6) is 1.77. The molecule has 3 rings (SSSR count). The zero-order valence-electron chi connectivity index (χ0n) is 15.4. The number of rotatable bonds is 4. The van der Waals surface area contributed by atoms with Gasteiger partial charge in [-0.2, -0.15) is 0 Å². The van der Waals surface area contributed by atoms with E-state index in [9.17, 15) is 9.59 Å². The lowest BCUT2D eigenvalue weighted by Gasteiger charge is -2.03. The quantitative estimate of drug-likeness (QED) is 0.503. The van der Waals surface area contributed by atoms with Crippen molar-refractivity contribution in [2.75, 3.05) is 14.2 Å². The smallest absolute Gasteiger partial charge is 0.159 e. The first-order valence-corrected chi connectivity index (χ1v) is 8.18. The van der Waals surface area contributed by atoms with Crippen LogP contribution in [0.25, 0.3) is 10.8 Å². The number of fused-ring (bicyclic) bond motifs is 1. The molecular weight excluding hydrogens is 352 g/mol. The molecule has 0 saturated carbocycles. The van der Waals surface area contributed by atoms with Crippen molar-refractivity contribution >= 4 is 22.3 Å². The highest BCUT2D eigenvalue weighted by atomic mass is 16.5. The van der Waals surface area contributed by atoms with E-state index in [2.05, 4.69) is 0 Å². The van der Waals surface area contributed by atoms with Crippen molar-refractivity contribution in [2.45, 2.75) is 28.7 Å². The molecule has 0 spiro atoms. The molecular formula is C24H30O4. The Kier molecular flexibility index (Phi) is 10.3. The largest absolute Gasteiger partial charge is 0.497 e. The van der Waals surface area contributed by atoms with Crippen molar-refractivity contribution in [2.24, 2.45) is 0 Å². The van der Waals surface area contributed by atoms with E-state index in [1.807, 2.05) is 36.4 Å². The van der Waals surface area contributed by atoms with Gasteiger partial charge in [-0.3, -0.25) is 9.59 Å². The molecule has 0 aliphatic rings. The SMILES string of the molecule is C.C.COc1ccc(C(C)=O)cc1.COc1ccc2cc(C(C)=O)ccc2c1. The molecule has 150 valence electrons. The van der Waals surface area contributed by atoms with Crippen LogP contribution in [0.3, 0.4) is 0 Å². The van der Waals surface area contributed by atoms with Gasteiger partial charge in [-0.25, -0.2) is 0 Å². The summed E-state index contributed by atoms with van der Waals surface area (Å²) in [6, 6.07) is 18.5. The van der Waals surface area contributed by atoms with Crippen LogP contribution in [0.15, 0.2) is 60.7 Å². The number of hydrogen-bond acceptors (Lipinski definition) is 4. The third kappa shape index (κ3) is 6.54. The number of benzene rings is 3. The van der Waals surface area contributed by atoms with Gasteiger partial charge in [-0.15, -0.1) is 0 Å². The third-order valence-electron chi connectivity index (χ3n) is 3.95. The van der Waals surface area contributed by atoms with E-state index in [1.165, 1.54) is 0 Å². The first-order chi connectivity index (χ1) is 12.4. The predicted octanol–water partition coefficient (Wildman–Crippen LogP) is 6.22. The molecule has 0 radical (unpaired) electrons. The van der Waals surface area contributed by atoms with Gasteiger partial charge in [0.15, 0.2) is 11.6 Å². The maximum atomic E-state index is 11.2. The van der Waals surface area contributed by atoms with Crippen LogP contribution in [0.4, 0.5) is 0 Å². The molecule has 0 aliphatic heterocycles. The molecule has 0 saturated heterocycles. The predicted molar refractivity (Wildman–Crippen MR) is 117 cm³/mol. The molecule has 0 amide bonds. The Morgan fingerprint density at radius 3 is 1.54 bits per heavy atom. The summed E-state index contributed by atoms with van der Waals surface area (Å²) >= 11 is 0. The lowest BCUT2D eigenvalue weighted by Crippen LogP contribution is -1.91. The highest BCUT2D eigenvalue weighted by Gasteiger charge is 2.01. The van der Waals surface area contributed by atoms with Crippen molar-refractivity contribution in [3.63, 3.8) is 0 Å². The molecule has 0 atom stereocenters. The topological polar surface area (TPSA) is 52.6 Å². The Morgan fingerprint density at radius 2 is 1.04 bits per heavy atom. The Morgan fingerprint density at radius 1 is 0.607 bits per heavy atom. The van der Waals surface area contributed by atoms with E-state index in [1.54, 1.807) is 52.3 Å². The number of Topliss-reactive ketones (excluding diaryl/α,β-unsaturated/α-hetero) is 2. The summed E-state index contributed by atoms with van der Waals surface area (Å²) in [6.45, 7) is 3.12. The van der Waals surface area contributed by atoms with Gasteiger partial charge < -0.3 is 9.47 Å². The summed E-state index contributed by atoms with van der Waals surface area (Å²) < 4.78 is 10.1. The fraction of sp³-hybridized carbons (Fsp3) is 0.250. The minimum atomic E-state index is 0. The average molecular weight is 383 g/mol. The van der Waals surface area contributed by atoms with Crippen molar-refractivity contribution in [3.8, 4) is 11.5 Å². The third-order valence-corrected chi connectivity index (χ3v) is 3.95. The summed E-state index contributed by atoms with van der Waals surface area (Å²) in [7, 11) is 3.24. The zero-order chi connectivity index (χ0) is 19.1. The molecule has 0 N–H and O–H groups in total. The van der Waals surface area contributed by atoms with Gasteiger partial charge in [0.05, 0.1) is 14.2 Å². The van der Waals surface area contributed by atoms with E-state index in [0.717, 1.165) is 27.8 Å². The molecule has 0 aliphatic carbocycles. The maximum absolute atomic E-state index is 11.2. The molecule has 4 nitrogen and oxygen atoms in total. The fourth-order valence-corrected chi connectivity index (χ4v) is 2.40. The van der Waals surface area contributed by atoms with E-state index >= 15 is 0 Å². The molecule has 0 unspecified atom stereocenters. The second kappa shape index (κ2) is 11.5. The second-order valence-corrected chi connectivity index (χ2v) is 5.77. The number of carbonyl (C=O) groups is 2. The Bertz CT molecular complexity index is 912. The lowest BCUT2D eigenvalue weighted by atomic mass is 10.0. The summed E-state index contributed by atoms with van der Waals surface area (Å²) in [6.07, 6.45) is 0. The molecule has 4 heteroatoms. The van der Waals surface area contributed by atoms with Gasteiger partial charge in [0.1, 0.15) is 11.5 Å². The highest BCUT2D eigenvalue weighted by Crippen LogP contribution is 2.21. The van der Waals surface area contributed by atoms with Crippen LogP contribution >= 0.6 is 0 Å². The van der Waals surface area contributed by atoms with Gasteiger partial charge >= 0.3 is 0 Å². The van der Waals surface area contributed by atoms with Crippen LogP contribution in [0.1, 0.15) is 49.4 Å². The second-order valence-electron chi connectivity index (χ2n) is 5.77. The van der Waals surface area contributed by atoms with Gasteiger partial charge in [0.25, 0.3) is 0 Å². The number of ether oxygens (including phenoxy) is 2. The molecule has 0 heterocycles. The van der Waals surface area contributed by atoms with Crippen LogP contribution in [-0.2, 0) is 0 Å². The first kappa shape index (κ1) is 24.9. The van der Waals surface area contributed by atoms with E-state index in [-0.39, 0.29) is 26.4 Å². The Labute approximate surface area is 168 Å². The molecule has 0 bridgehead atoms. The maximum Gasteiger partial charge on any atom is 0.159 e. The summed E-state index contributed by atoms with van der Waals surface area (Å²) in [5.41, 5.74) is 1.46. The van der Waals surface area contributed by atoms with E-state index < -0.39 is 0 Å². The molecule has 0 aromatic heterocycles. The molecule has 28 heavy (non-hydrogen) atoms. The standard InChI is InChI=1S/C13H12O2.C9H10O2.2CH4/c1-9(14)10-3-4-12-8-13(15-2)6-5-11(12)7-10;1-7(10)8-3-5-9(11-2)6-4-8;;/h3-8H,1-2H3;3-6H,1-2H3;2*1H4. The van der Waals surface area contributed by atoms with Crippen molar-refractivity contribution in [3.05, 3.63) is 71.8 Å². The van der Waals surface area contributed by atoms with Crippen molar-refractivity contribution in [1.29, 1.82) is 0 Å². The van der Waals surface area contributed by atoms with Crippen LogP contribution in [-0.4, -0.2) is 25.8 Å². The van der Waals surface area contributed by atoms with Crippen LogP contribution in [0, 0.1) is 0 Å². The minimum absolute atomic E-state index is 0. The van der Waals surface area contributed by atoms with Crippen LogP contribution in [0.5, 0.6) is 11.5 Å². The minimum Gasteiger partial charge on any atom is -0.497 e. The van der Waals surface area contributed by atoms with E-state index in [4.69, 9.17) is 9.47 Å². The summed E-state index contributed by atoms with van der Waals surface area (Å²) in [5, 5.41) is 2.14. The number of hydrogen-bond donors (Lipinski definition) is 0. The van der Waals surface area contributed by atoms with Gasteiger partial charge in [-0.05, 0) is 67.1 Å². The van der Waals surface area contributed by atoms with Crippen molar-refractivity contribution < 1.29 is 19.1 Å². The molecule has 3 aromatic carbocycles. The summed E-state index contributed by atoms with van der Waals surface area (Å²) in [4.78, 5) is 22.0. The average Bonchev–Trinajstić information content (AvgIpc) is 2.67. The Balaban J connectivity index is 0.000000507. The van der Waals surface area contributed by atoms with Crippen LogP contribution < -0.4 is 9.47 Å². The van der Waals surface area contributed by atoms with E-state index in [0.29, 0.717) is 5.56 Å². The molecule has 0 fully saturated rings. The lowest BCUT2D eigenvalue weighted by molar-refractivity contribution is 0.100. The molecule has 3 aromatic rings. The van der Waals surface area contributed by atoms with Crippen LogP contribution in [0.2, 0.25) is 0 Å². The normalized spacial score (nSPS) is 9.14. The number of ketones is 2. The first-order valence-electron chi connectivity index (χ1n) is 8.18. The number of carbonyl (C=O) groups excluding carboxylic acids is 2. The Hall–Kier alpha value is -3.14. The monoisotopic (exact) mass is 382 g/mol. The fourth-order valence-electron chi connectivity index (χ4n) is 2.40. The highest BCUT2D eigenvalue weighted by molar-refractivity contribution is 5.98.